The van der Waals surface area contributed by atoms with Crippen LogP contribution in [0.3, 0.4) is 0 Å². The van der Waals surface area contributed by atoms with Crippen LogP contribution in [-0.4, -0.2) is 38.0 Å². The Balaban J connectivity index is 2.02. The van der Waals surface area contributed by atoms with Gasteiger partial charge in [-0.2, -0.15) is 0 Å². The van der Waals surface area contributed by atoms with Crippen molar-refractivity contribution < 1.29 is 9.47 Å². The summed E-state index contributed by atoms with van der Waals surface area (Å²) >= 11 is 0. The lowest BCUT2D eigenvalue weighted by molar-refractivity contribution is -0.0964. The van der Waals surface area contributed by atoms with Crippen LogP contribution in [-0.2, 0) is 9.47 Å². The number of rotatable bonds is 7. The highest BCUT2D eigenvalue weighted by Gasteiger charge is 2.41. The van der Waals surface area contributed by atoms with Crippen molar-refractivity contribution in [2.75, 3.05) is 26.4 Å². The second-order valence-electron chi connectivity index (χ2n) is 6.46. The van der Waals surface area contributed by atoms with Gasteiger partial charge in [0.15, 0.2) is 0 Å². The van der Waals surface area contributed by atoms with E-state index in [0.29, 0.717) is 6.04 Å². The minimum Gasteiger partial charge on any atom is -0.381 e. The standard InChI is InChI=1S/C17H33NO2/c1-3-18-16(14-15-8-12-19-13-9-15)17(20-4-2)10-6-5-7-11-17/h15-16,18H,3-14H2,1-2H3. The molecule has 20 heavy (non-hydrogen) atoms. The summed E-state index contributed by atoms with van der Waals surface area (Å²) in [5.41, 5.74) is 0.0985. The molecule has 2 rings (SSSR count). The lowest BCUT2D eigenvalue weighted by atomic mass is 9.75. The summed E-state index contributed by atoms with van der Waals surface area (Å²) in [6, 6.07) is 0.524. The second kappa shape index (κ2) is 8.35. The van der Waals surface area contributed by atoms with Crippen LogP contribution in [0.1, 0.15) is 65.2 Å². The van der Waals surface area contributed by atoms with Crippen molar-refractivity contribution in [1.29, 1.82) is 0 Å². The molecule has 1 N–H and O–H groups in total. The first-order chi connectivity index (χ1) is 9.80. The molecule has 3 nitrogen and oxygen atoms in total. The van der Waals surface area contributed by atoms with Gasteiger partial charge >= 0.3 is 0 Å². The summed E-state index contributed by atoms with van der Waals surface area (Å²) in [4.78, 5) is 0. The molecule has 2 fully saturated rings. The van der Waals surface area contributed by atoms with Gasteiger partial charge in [0, 0.05) is 25.9 Å². The van der Waals surface area contributed by atoms with Crippen LogP contribution in [0, 0.1) is 5.92 Å². The van der Waals surface area contributed by atoms with E-state index in [4.69, 9.17) is 9.47 Å². The van der Waals surface area contributed by atoms with Gasteiger partial charge in [-0.15, -0.1) is 0 Å². The fraction of sp³-hybridized carbons (Fsp3) is 1.00. The Morgan fingerprint density at radius 1 is 1.15 bits per heavy atom. The van der Waals surface area contributed by atoms with Crippen molar-refractivity contribution in [2.45, 2.75) is 76.9 Å². The molecule has 0 aromatic heterocycles. The molecular formula is C17H33NO2. The van der Waals surface area contributed by atoms with Crippen molar-refractivity contribution in [1.82, 2.24) is 5.32 Å². The van der Waals surface area contributed by atoms with Crippen molar-refractivity contribution in [3.05, 3.63) is 0 Å². The van der Waals surface area contributed by atoms with Crippen LogP contribution in [0.5, 0.6) is 0 Å². The topological polar surface area (TPSA) is 30.5 Å². The Kier molecular flexibility index (Phi) is 6.79. The van der Waals surface area contributed by atoms with Crippen LogP contribution in [0.2, 0.25) is 0 Å². The maximum Gasteiger partial charge on any atom is 0.0834 e. The van der Waals surface area contributed by atoms with Crippen molar-refractivity contribution >= 4 is 0 Å². The molecule has 0 radical (unpaired) electrons. The fourth-order valence-corrected chi connectivity index (χ4v) is 4.08. The first-order valence-corrected chi connectivity index (χ1v) is 8.76. The first-order valence-electron chi connectivity index (χ1n) is 8.76. The Bertz CT molecular complexity index is 252. The third-order valence-corrected chi connectivity index (χ3v) is 5.13. The number of hydrogen-bond acceptors (Lipinski definition) is 3. The second-order valence-corrected chi connectivity index (χ2v) is 6.46. The van der Waals surface area contributed by atoms with Gasteiger partial charge in [-0.05, 0) is 51.5 Å². The third kappa shape index (κ3) is 4.19. The zero-order valence-electron chi connectivity index (χ0n) is 13.5. The first kappa shape index (κ1) is 16.3. The quantitative estimate of drug-likeness (QED) is 0.775. The molecule has 1 heterocycles. The molecule has 0 aromatic rings. The predicted molar refractivity (Wildman–Crippen MR) is 83.1 cm³/mol. The summed E-state index contributed by atoms with van der Waals surface area (Å²) < 4.78 is 11.8. The van der Waals surface area contributed by atoms with E-state index in [1.165, 1.54) is 51.4 Å². The molecule has 1 aliphatic heterocycles. The third-order valence-electron chi connectivity index (χ3n) is 5.13. The number of hydrogen-bond donors (Lipinski definition) is 1. The van der Waals surface area contributed by atoms with Gasteiger partial charge in [0.2, 0.25) is 0 Å². The molecule has 0 aromatic carbocycles. The van der Waals surface area contributed by atoms with Crippen LogP contribution in [0.4, 0.5) is 0 Å². The Labute approximate surface area is 124 Å². The van der Waals surface area contributed by atoms with E-state index in [1.54, 1.807) is 0 Å². The molecule has 118 valence electrons. The van der Waals surface area contributed by atoms with Crippen molar-refractivity contribution in [3.8, 4) is 0 Å². The van der Waals surface area contributed by atoms with E-state index < -0.39 is 0 Å². The van der Waals surface area contributed by atoms with E-state index in [0.717, 1.165) is 32.3 Å². The predicted octanol–water partition coefficient (Wildman–Crippen LogP) is 3.52. The van der Waals surface area contributed by atoms with E-state index in [1.807, 2.05) is 0 Å². The molecule has 2 aliphatic rings. The van der Waals surface area contributed by atoms with Gasteiger partial charge in [0.25, 0.3) is 0 Å². The largest absolute Gasteiger partial charge is 0.381 e. The van der Waals surface area contributed by atoms with Crippen LogP contribution >= 0.6 is 0 Å². The Morgan fingerprint density at radius 2 is 1.85 bits per heavy atom. The lowest BCUT2D eigenvalue weighted by Crippen LogP contribution is -2.54. The summed E-state index contributed by atoms with van der Waals surface area (Å²) in [7, 11) is 0. The smallest absolute Gasteiger partial charge is 0.0834 e. The normalized spacial score (nSPS) is 25.5. The Hall–Kier alpha value is -0.120. The van der Waals surface area contributed by atoms with Crippen molar-refractivity contribution in [2.24, 2.45) is 5.92 Å². The number of likely N-dealkylation sites (N-methyl/N-ethyl adjacent to an activating group) is 1. The molecule has 0 amide bonds. The maximum absolute atomic E-state index is 6.33. The molecular weight excluding hydrogens is 250 g/mol. The highest BCUT2D eigenvalue weighted by atomic mass is 16.5. The number of nitrogens with one attached hydrogen (secondary N) is 1. The monoisotopic (exact) mass is 283 g/mol. The summed E-state index contributed by atoms with van der Waals surface area (Å²) in [6.45, 7) is 8.15. The van der Waals surface area contributed by atoms with Crippen LogP contribution in [0.25, 0.3) is 0 Å². The SMILES string of the molecule is CCNC(CC1CCOCC1)C1(OCC)CCCCC1. The Morgan fingerprint density at radius 3 is 2.45 bits per heavy atom. The molecule has 1 saturated heterocycles. The van der Waals surface area contributed by atoms with Gasteiger partial charge in [-0.1, -0.05) is 26.2 Å². The molecule has 1 aliphatic carbocycles. The molecule has 0 spiro atoms. The van der Waals surface area contributed by atoms with Gasteiger partial charge < -0.3 is 14.8 Å². The molecule has 1 saturated carbocycles. The minimum absolute atomic E-state index is 0.0985. The van der Waals surface area contributed by atoms with Gasteiger partial charge in [-0.25, -0.2) is 0 Å². The van der Waals surface area contributed by atoms with Crippen LogP contribution < -0.4 is 5.32 Å². The zero-order valence-corrected chi connectivity index (χ0v) is 13.5. The van der Waals surface area contributed by atoms with Gasteiger partial charge in [-0.3, -0.25) is 0 Å². The van der Waals surface area contributed by atoms with E-state index in [-0.39, 0.29) is 5.60 Å². The highest BCUT2D eigenvalue weighted by Crippen LogP contribution is 2.38. The summed E-state index contributed by atoms with van der Waals surface area (Å²) in [6.07, 6.45) is 10.2. The average Bonchev–Trinajstić information content (AvgIpc) is 2.49. The lowest BCUT2D eigenvalue weighted by Gasteiger charge is -2.45. The summed E-state index contributed by atoms with van der Waals surface area (Å²) in [5.74, 6) is 0.812. The van der Waals surface area contributed by atoms with E-state index in [9.17, 15) is 0 Å². The molecule has 1 unspecified atom stereocenters. The zero-order chi connectivity index (χ0) is 14.3. The molecule has 3 heteroatoms. The fourth-order valence-electron chi connectivity index (χ4n) is 4.08. The van der Waals surface area contributed by atoms with Crippen LogP contribution in [0.15, 0.2) is 0 Å². The minimum atomic E-state index is 0.0985. The van der Waals surface area contributed by atoms with E-state index in [2.05, 4.69) is 19.2 Å². The maximum atomic E-state index is 6.33. The van der Waals surface area contributed by atoms with Crippen molar-refractivity contribution in [3.63, 3.8) is 0 Å². The van der Waals surface area contributed by atoms with Gasteiger partial charge in [0.1, 0.15) is 0 Å². The van der Waals surface area contributed by atoms with Gasteiger partial charge in [0.05, 0.1) is 5.60 Å². The molecule has 0 bridgehead atoms. The summed E-state index contributed by atoms with van der Waals surface area (Å²) in [5, 5.41) is 3.76. The molecule has 1 atom stereocenters. The highest BCUT2D eigenvalue weighted by molar-refractivity contribution is 4.96. The number of ether oxygens (including phenoxy) is 2. The van der Waals surface area contributed by atoms with E-state index >= 15 is 0 Å². The average molecular weight is 283 g/mol.